The van der Waals surface area contributed by atoms with Crippen LogP contribution in [0.3, 0.4) is 0 Å². The molecule has 0 bridgehead atoms. The van der Waals surface area contributed by atoms with Crippen LogP contribution in [0.4, 0.5) is 11.5 Å². The van der Waals surface area contributed by atoms with Crippen LogP contribution in [0.15, 0.2) is 24.3 Å². The Bertz CT molecular complexity index is 769. The molecule has 0 aliphatic carbocycles. The van der Waals surface area contributed by atoms with Crippen LogP contribution in [0.5, 0.6) is 5.75 Å². The van der Waals surface area contributed by atoms with Crippen LogP contribution in [0.2, 0.25) is 5.02 Å². The van der Waals surface area contributed by atoms with Gasteiger partial charge in [0.1, 0.15) is 5.75 Å². The van der Waals surface area contributed by atoms with Crippen molar-refractivity contribution >= 4 is 23.1 Å². The minimum Gasteiger partial charge on any atom is -0.506 e. The van der Waals surface area contributed by atoms with Crippen molar-refractivity contribution in [2.45, 2.75) is 13.0 Å². The van der Waals surface area contributed by atoms with E-state index in [4.69, 9.17) is 11.6 Å². The first kappa shape index (κ1) is 15.5. The van der Waals surface area contributed by atoms with Crippen molar-refractivity contribution in [1.82, 2.24) is 15.1 Å². The molecule has 2 N–H and O–H groups in total. The van der Waals surface area contributed by atoms with Gasteiger partial charge in [-0.2, -0.15) is 0 Å². The van der Waals surface area contributed by atoms with Crippen molar-refractivity contribution < 1.29 is 5.11 Å². The number of hydrogen-bond donors (Lipinski definition) is 2. The minimum absolute atomic E-state index is 0.0459. The van der Waals surface area contributed by atoms with Gasteiger partial charge in [0.25, 0.3) is 0 Å². The Morgan fingerprint density at radius 2 is 2.21 bits per heavy atom. The second kappa shape index (κ2) is 6.11. The largest absolute Gasteiger partial charge is 0.506 e. The molecule has 1 fully saturated rings. The Hall–Kier alpha value is -2.05. The molecule has 2 aliphatic rings. The van der Waals surface area contributed by atoms with Crippen molar-refractivity contribution in [3.63, 3.8) is 0 Å². The Balaban J connectivity index is 1.72. The molecule has 126 valence electrons. The number of para-hydroxylation sites is 1. The zero-order chi connectivity index (χ0) is 16.7. The summed E-state index contributed by atoms with van der Waals surface area (Å²) in [6.07, 6.45) is 0. The van der Waals surface area contributed by atoms with Crippen LogP contribution in [-0.4, -0.2) is 59.0 Å². The number of halogens is 1. The third-order valence-corrected chi connectivity index (χ3v) is 5.17. The average Bonchev–Trinajstić information content (AvgIpc) is 2.63. The summed E-state index contributed by atoms with van der Waals surface area (Å²) in [6.45, 7) is 7.22. The molecule has 1 aromatic heterocycles. The van der Waals surface area contributed by atoms with Crippen molar-refractivity contribution in [2.24, 2.45) is 0 Å². The molecule has 2 aliphatic heterocycles. The first-order valence-electron chi connectivity index (χ1n) is 8.26. The highest BCUT2D eigenvalue weighted by molar-refractivity contribution is 6.32. The van der Waals surface area contributed by atoms with Gasteiger partial charge in [-0.15, -0.1) is 10.2 Å². The SMILES string of the molecule is CCN1CCN2c3cc(-c4cccc(Cl)c4O)nnc3NC[C@@H]2C1. The lowest BCUT2D eigenvalue weighted by Crippen LogP contribution is -2.57. The van der Waals surface area contributed by atoms with Crippen LogP contribution >= 0.6 is 11.6 Å². The summed E-state index contributed by atoms with van der Waals surface area (Å²) in [5, 5.41) is 22.5. The normalized spacial score (nSPS) is 20.2. The van der Waals surface area contributed by atoms with E-state index in [1.165, 1.54) is 0 Å². The lowest BCUT2D eigenvalue weighted by atomic mass is 10.1. The van der Waals surface area contributed by atoms with Crippen LogP contribution in [0, 0.1) is 0 Å². The van der Waals surface area contributed by atoms with E-state index in [9.17, 15) is 5.11 Å². The number of aromatic nitrogens is 2. The molecular formula is C17H20ClN5O. The predicted octanol–water partition coefficient (Wildman–Crippen LogP) is 2.44. The number of hydrogen-bond acceptors (Lipinski definition) is 6. The number of nitrogens with zero attached hydrogens (tertiary/aromatic N) is 4. The summed E-state index contributed by atoms with van der Waals surface area (Å²) >= 11 is 6.02. The lowest BCUT2D eigenvalue weighted by Gasteiger charge is -2.45. The van der Waals surface area contributed by atoms with E-state index in [1.54, 1.807) is 18.2 Å². The topological polar surface area (TPSA) is 64.5 Å². The molecule has 24 heavy (non-hydrogen) atoms. The quantitative estimate of drug-likeness (QED) is 0.871. The maximum atomic E-state index is 10.2. The molecular weight excluding hydrogens is 326 g/mol. The maximum absolute atomic E-state index is 10.2. The van der Waals surface area contributed by atoms with E-state index >= 15 is 0 Å². The van der Waals surface area contributed by atoms with Crippen LogP contribution < -0.4 is 10.2 Å². The van der Waals surface area contributed by atoms with Crippen molar-refractivity contribution in [1.29, 1.82) is 0 Å². The Morgan fingerprint density at radius 3 is 3.04 bits per heavy atom. The predicted molar refractivity (Wildman–Crippen MR) is 95.9 cm³/mol. The number of anilines is 2. The summed E-state index contributed by atoms with van der Waals surface area (Å²) in [4.78, 5) is 4.87. The van der Waals surface area contributed by atoms with Gasteiger partial charge in [0.15, 0.2) is 5.82 Å². The molecule has 7 heteroatoms. The smallest absolute Gasteiger partial charge is 0.172 e. The van der Waals surface area contributed by atoms with Crippen LogP contribution in [0.1, 0.15) is 6.92 Å². The lowest BCUT2D eigenvalue weighted by molar-refractivity contribution is 0.235. The van der Waals surface area contributed by atoms with Crippen LogP contribution in [-0.2, 0) is 0 Å². The highest BCUT2D eigenvalue weighted by Crippen LogP contribution is 2.38. The number of likely N-dealkylation sites (N-methyl/N-ethyl adjacent to an activating group) is 1. The molecule has 0 radical (unpaired) electrons. The number of nitrogens with one attached hydrogen (secondary N) is 1. The third kappa shape index (κ3) is 2.56. The summed E-state index contributed by atoms with van der Waals surface area (Å²) < 4.78 is 0. The number of rotatable bonds is 2. The average molecular weight is 346 g/mol. The zero-order valence-corrected chi connectivity index (χ0v) is 14.3. The molecule has 3 heterocycles. The highest BCUT2D eigenvalue weighted by atomic mass is 35.5. The number of fused-ring (bicyclic) bond motifs is 3. The van der Waals surface area contributed by atoms with Gasteiger partial charge in [0.05, 0.1) is 22.4 Å². The van der Waals surface area contributed by atoms with Crippen LogP contribution in [0.25, 0.3) is 11.3 Å². The Kier molecular flexibility index (Phi) is 3.94. The molecule has 1 aromatic carbocycles. The Labute approximate surface area is 146 Å². The van der Waals surface area contributed by atoms with E-state index in [0.29, 0.717) is 22.3 Å². The summed E-state index contributed by atoms with van der Waals surface area (Å²) in [6, 6.07) is 7.69. The van der Waals surface area contributed by atoms with Gasteiger partial charge in [-0.05, 0) is 24.7 Å². The summed E-state index contributed by atoms with van der Waals surface area (Å²) in [5.74, 6) is 0.853. The number of benzene rings is 1. The second-order valence-electron chi connectivity index (χ2n) is 6.22. The summed E-state index contributed by atoms with van der Waals surface area (Å²) in [5.41, 5.74) is 2.28. The molecule has 1 atom stereocenters. The van der Waals surface area contributed by atoms with E-state index in [1.807, 2.05) is 6.07 Å². The zero-order valence-electron chi connectivity index (χ0n) is 13.5. The third-order valence-electron chi connectivity index (χ3n) is 4.87. The number of aromatic hydroxyl groups is 1. The standard InChI is InChI=1S/C17H20ClN5O/c1-2-22-6-7-23-11(10-22)9-19-17-15(23)8-14(20-21-17)12-4-3-5-13(18)16(12)24/h3-5,8,11,24H,2,6-7,9-10H2,1H3,(H,19,21)/t11-/m1/s1. The van der Waals surface area contributed by atoms with E-state index < -0.39 is 0 Å². The van der Waals surface area contributed by atoms with Gasteiger partial charge in [-0.3, -0.25) is 4.90 Å². The first-order valence-corrected chi connectivity index (χ1v) is 8.63. The van der Waals surface area contributed by atoms with E-state index in [0.717, 1.165) is 44.2 Å². The van der Waals surface area contributed by atoms with Crippen molar-refractivity contribution in [2.75, 3.05) is 42.9 Å². The molecule has 4 rings (SSSR count). The summed E-state index contributed by atoms with van der Waals surface area (Å²) in [7, 11) is 0. The number of phenols is 1. The van der Waals surface area contributed by atoms with Gasteiger partial charge >= 0.3 is 0 Å². The Morgan fingerprint density at radius 1 is 1.33 bits per heavy atom. The second-order valence-corrected chi connectivity index (χ2v) is 6.63. The van der Waals surface area contributed by atoms with Crippen molar-refractivity contribution in [3.8, 4) is 17.0 Å². The van der Waals surface area contributed by atoms with Gasteiger partial charge < -0.3 is 15.3 Å². The minimum atomic E-state index is 0.0459. The van der Waals surface area contributed by atoms with Gasteiger partial charge in [0.2, 0.25) is 0 Å². The van der Waals surface area contributed by atoms with Crippen molar-refractivity contribution in [3.05, 3.63) is 29.3 Å². The van der Waals surface area contributed by atoms with Gasteiger partial charge in [-0.25, -0.2) is 0 Å². The molecule has 0 saturated carbocycles. The number of piperazine rings is 1. The van der Waals surface area contributed by atoms with Gasteiger partial charge in [-0.1, -0.05) is 24.6 Å². The van der Waals surface area contributed by atoms with Gasteiger partial charge in [0, 0.05) is 31.7 Å². The molecule has 2 aromatic rings. The molecule has 6 nitrogen and oxygen atoms in total. The number of phenolic OH excluding ortho intramolecular Hbond substituents is 1. The van der Waals surface area contributed by atoms with E-state index in [-0.39, 0.29) is 5.75 Å². The molecule has 0 unspecified atom stereocenters. The highest BCUT2D eigenvalue weighted by Gasteiger charge is 2.32. The fourth-order valence-electron chi connectivity index (χ4n) is 3.49. The molecule has 0 amide bonds. The molecule has 1 saturated heterocycles. The fourth-order valence-corrected chi connectivity index (χ4v) is 3.67. The monoisotopic (exact) mass is 345 g/mol. The molecule has 0 spiro atoms. The van der Waals surface area contributed by atoms with E-state index in [2.05, 4.69) is 32.2 Å². The fraction of sp³-hybridized carbons (Fsp3) is 0.412. The maximum Gasteiger partial charge on any atom is 0.172 e. The first-order chi connectivity index (χ1) is 11.7.